The van der Waals surface area contributed by atoms with Gasteiger partial charge in [-0.2, -0.15) is 0 Å². The van der Waals surface area contributed by atoms with Crippen molar-refractivity contribution in [1.82, 2.24) is 15.5 Å². The van der Waals surface area contributed by atoms with Crippen LogP contribution < -0.4 is 15.4 Å². The maximum atomic E-state index is 13.5. The molecule has 1 aromatic heterocycles. The highest BCUT2D eigenvalue weighted by Crippen LogP contribution is 2.17. The van der Waals surface area contributed by atoms with Crippen molar-refractivity contribution in [2.75, 3.05) is 33.8 Å². The van der Waals surface area contributed by atoms with E-state index in [2.05, 4.69) is 15.6 Å². The van der Waals surface area contributed by atoms with Crippen molar-refractivity contribution in [2.45, 2.75) is 6.54 Å². The van der Waals surface area contributed by atoms with Crippen LogP contribution in [0.25, 0.3) is 0 Å². The van der Waals surface area contributed by atoms with Crippen molar-refractivity contribution < 1.29 is 18.3 Å². The third-order valence-corrected chi connectivity index (χ3v) is 4.30. The first-order chi connectivity index (χ1) is 13.0. The zero-order valence-electron chi connectivity index (χ0n) is 15.6. The lowest BCUT2D eigenvalue weighted by molar-refractivity contribution is -0.127. The fourth-order valence-corrected chi connectivity index (χ4v) is 2.61. The molecule has 0 atom stereocenters. The van der Waals surface area contributed by atoms with E-state index < -0.39 is 11.6 Å². The third kappa shape index (κ3) is 8.38. The Balaban J connectivity index is 0.00000392. The number of guanidine groups is 1. The molecule has 0 aliphatic heterocycles. The van der Waals surface area contributed by atoms with E-state index >= 15 is 0 Å². The maximum absolute atomic E-state index is 13.5. The lowest BCUT2D eigenvalue weighted by atomic mass is 10.3. The number of thiophene rings is 1. The van der Waals surface area contributed by atoms with Gasteiger partial charge in [-0.05, 0) is 23.6 Å². The van der Waals surface area contributed by atoms with Crippen molar-refractivity contribution in [1.29, 1.82) is 0 Å². The SMILES string of the molecule is CN(C)C(=O)CN=C(NCCOc1ccc(F)cc1F)NCc1cccs1.I. The minimum Gasteiger partial charge on any atom is -0.489 e. The van der Waals surface area contributed by atoms with Gasteiger partial charge in [0.2, 0.25) is 5.91 Å². The average Bonchev–Trinajstić information content (AvgIpc) is 3.14. The Morgan fingerprint density at radius 1 is 1.25 bits per heavy atom. The van der Waals surface area contributed by atoms with Crippen molar-refractivity contribution in [3.63, 3.8) is 0 Å². The number of amides is 1. The maximum Gasteiger partial charge on any atom is 0.243 e. The molecule has 1 aromatic carbocycles. The molecule has 2 N–H and O–H groups in total. The smallest absolute Gasteiger partial charge is 0.243 e. The first-order valence-electron chi connectivity index (χ1n) is 8.28. The Labute approximate surface area is 184 Å². The number of halogens is 3. The van der Waals surface area contributed by atoms with E-state index in [9.17, 15) is 13.6 Å². The van der Waals surface area contributed by atoms with Crippen molar-refractivity contribution >= 4 is 47.2 Å². The Bertz CT molecular complexity index is 773. The van der Waals surface area contributed by atoms with Crippen LogP contribution in [0.5, 0.6) is 5.75 Å². The fraction of sp³-hybridized carbons (Fsp3) is 0.333. The topological polar surface area (TPSA) is 66.0 Å². The zero-order chi connectivity index (χ0) is 19.6. The van der Waals surface area contributed by atoms with Crippen LogP contribution in [0.4, 0.5) is 8.78 Å². The second-order valence-electron chi connectivity index (χ2n) is 5.74. The number of hydrogen-bond acceptors (Lipinski definition) is 4. The van der Waals surface area contributed by atoms with E-state index in [0.717, 1.165) is 17.0 Å². The number of aliphatic imine (C=N–C) groups is 1. The van der Waals surface area contributed by atoms with Crippen LogP contribution in [0.3, 0.4) is 0 Å². The molecule has 0 spiro atoms. The van der Waals surface area contributed by atoms with E-state index in [-0.39, 0.29) is 48.8 Å². The molecule has 0 aliphatic rings. The second kappa shape index (κ2) is 12.5. The molecule has 10 heteroatoms. The van der Waals surface area contributed by atoms with Gasteiger partial charge in [-0.3, -0.25) is 4.79 Å². The van der Waals surface area contributed by atoms with Crippen LogP contribution in [0.2, 0.25) is 0 Å². The summed E-state index contributed by atoms with van der Waals surface area (Å²) in [4.78, 5) is 18.6. The van der Waals surface area contributed by atoms with Gasteiger partial charge in [-0.15, -0.1) is 35.3 Å². The Morgan fingerprint density at radius 3 is 2.68 bits per heavy atom. The highest BCUT2D eigenvalue weighted by atomic mass is 127. The predicted molar refractivity (Wildman–Crippen MR) is 117 cm³/mol. The van der Waals surface area contributed by atoms with Gasteiger partial charge in [-0.25, -0.2) is 13.8 Å². The molecule has 0 fully saturated rings. The minimum absolute atomic E-state index is 0. The number of carbonyl (C=O) groups excluding carboxylic acids is 1. The summed E-state index contributed by atoms with van der Waals surface area (Å²) in [7, 11) is 3.32. The lowest BCUT2D eigenvalue weighted by Crippen LogP contribution is -2.40. The van der Waals surface area contributed by atoms with Gasteiger partial charge in [0.1, 0.15) is 19.0 Å². The summed E-state index contributed by atoms with van der Waals surface area (Å²) in [5.74, 6) is -1.11. The molecule has 6 nitrogen and oxygen atoms in total. The molecular weight excluding hydrogens is 501 g/mol. The summed E-state index contributed by atoms with van der Waals surface area (Å²) in [5, 5.41) is 8.14. The van der Waals surface area contributed by atoms with Gasteiger partial charge in [0.25, 0.3) is 0 Å². The summed E-state index contributed by atoms with van der Waals surface area (Å²) in [6, 6.07) is 7.08. The van der Waals surface area contributed by atoms with Gasteiger partial charge in [0.15, 0.2) is 17.5 Å². The van der Waals surface area contributed by atoms with Gasteiger partial charge in [0.05, 0.1) is 13.1 Å². The highest BCUT2D eigenvalue weighted by molar-refractivity contribution is 14.0. The standard InChI is InChI=1S/C18H22F2N4O2S.HI/c1-24(2)17(25)12-23-18(22-11-14-4-3-9-27-14)21-7-8-26-16-6-5-13(19)10-15(16)20;/h3-6,9-10H,7-8,11-12H2,1-2H3,(H2,21,22,23);1H. The number of hydrogen-bond donors (Lipinski definition) is 2. The van der Waals surface area contributed by atoms with E-state index in [0.29, 0.717) is 19.0 Å². The fourth-order valence-electron chi connectivity index (χ4n) is 1.97. The minimum atomic E-state index is -0.753. The van der Waals surface area contributed by atoms with Gasteiger partial charge in [-0.1, -0.05) is 6.07 Å². The van der Waals surface area contributed by atoms with Crippen LogP contribution in [0.15, 0.2) is 40.7 Å². The molecule has 2 rings (SSSR count). The molecule has 0 radical (unpaired) electrons. The summed E-state index contributed by atoms with van der Waals surface area (Å²) < 4.78 is 31.7. The molecule has 1 amide bonds. The number of rotatable bonds is 8. The first kappa shape index (κ1) is 24.1. The molecule has 1 heterocycles. The monoisotopic (exact) mass is 524 g/mol. The number of benzene rings is 1. The summed E-state index contributed by atoms with van der Waals surface area (Å²) >= 11 is 1.61. The molecule has 0 unspecified atom stereocenters. The van der Waals surface area contributed by atoms with Crippen LogP contribution in [0, 0.1) is 11.6 Å². The van der Waals surface area contributed by atoms with E-state index in [1.54, 1.807) is 25.4 Å². The normalized spacial score (nSPS) is 10.8. The Morgan fingerprint density at radius 2 is 2.04 bits per heavy atom. The summed E-state index contributed by atoms with van der Waals surface area (Å²) in [6.45, 7) is 1.03. The van der Waals surface area contributed by atoms with Gasteiger partial charge in [0, 0.05) is 25.0 Å². The zero-order valence-corrected chi connectivity index (χ0v) is 18.7. The van der Waals surface area contributed by atoms with Crippen LogP contribution in [-0.2, 0) is 11.3 Å². The van der Waals surface area contributed by atoms with Crippen LogP contribution >= 0.6 is 35.3 Å². The van der Waals surface area contributed by atoms with Gasteiger partial charge >= 0.3 is 0 Å². The number of nitrogens with zero attached hydrogens (tertiary/aromatic N) is 2. The molecule has 0 aliphatic carbocycles. The first-order valence-corrected chi connectivity index (χ1v) is 9.16. The Kier molecular flexibility index (Phi) is 10.8. The lowest BCUT2D eigenvalue weighted by Gasteiger charge is -2.14. The summed E-state index contributed by atoms with van der Waals surface area (Å²) in [5.41, 5.74) is 0. The van der Waals surface area contributed by atoms with E-state index in [1.165, 1.54) is 11.0 Å². The number of carbonyl (C=O) groups is 1. The molecular formula is C18H23F2IN4O2S. The molecule has 0 saturated carbocycles. The third-order valence-electron chi connectivity index (χ3n) is 3.43. The van der Waals surface area contributed by atoms with Crippen molar-refractivity contribution in [3.8, 4) is 5.75 Å². The van der Waals surface area contributed by atoms with Crippen LogP contribution in [-0.4, -0.2) is 50.6 Å². The Hall–Kier alpha value is -1.95. The van der Waals surface area contributed by atoms with Crippen molar-refractivity contribution in [3.05, 3.63) is 52.2 Å². The quantitative estimate of drug-likeness (QED) is 0.241. The molecule has 0 saturated heterocycles. The molecule has 154 valence electrons. The second-order valence-corrected chi connectivity index (χ2v) is 6.77. The van der Waals surface area contributed by atoms with Crippen molar-refractivity contribution in [2.24, 2.45) is 4.99 Å². The number of likely N-dealkylation sites (N-methyl/N-ethyl adjacent to an activating group) is 1. The number of ether oxygens (including phenoxy) is 1. The van der Waals surface area contributed by atoms with E-state index in [4.69, 9.17) is 4.74 Å². The highest BCUT2D eigenvalue weighted by Gasteiger charge is 2.07. The predicted octanol–water partition coefficient (Wildman–Crippen LogP) is 2.85. The largest absolute Gasteiger partial charge is 0.489 e. The summed E-state index contributed by atoms with van der Waals surface area (Å²) in [6.07, 6.45) is 0. The van der Waals surface area contributed by atoms with Gasteiger partial charge < -0.3 is 20.3 Å². The van der Waals surface area contributed by atoms with E-state index in [1.807, 2.05) is 17.5 Å². The molecule has 0 bridgehead atoms. The average molecular weight is 524 g/mol. The number of nitrogens with one attached hydrogen (secondary N) is 2. The molecule has 28 heavy (non-hydrogen) atoms. The van der Waals surface area contributed by atoms with Crippen LogP contribution in [0.1, 0.15) is 4.88 Å². The molecule has 2 aromatic rings.